The summed E-state index contributed by atoms with van der Waals surface area (Å²) in [6, 6.07) is 5.99. The lowest BCUT2D eigenvalue weighted by Gasteiger charge is -2.01. The van der Waals surface area contributed by atoms with Gasteiger partial charge >= 0.3 is 0 Å². The first-order valence-electron chi connectivity index (χ1n) is 6.19. The Morgan fingerprint density at radius 3 is 3.15 bits per heavy atom. The second-order valence-electron chi connectivity index (χ2n) is 3.96. The highest BCUT2D eigenvalue weighted by Gasteiger charge is 2.10. The monoisotopic (exact) mass is 289 g/mol. The van der Waals surface area contributed by atoms with E-state index in [0.29, 0.717) is 24.9 Å². The molecule has 0 radical (unpaired) electrons. The Bertz CT molecular complexity index is 596. The van der Waals surface area contributed by atoms with E-state index in [4.69, 9.17) is 14.4 Å². The van der Waals surface area contributed by atoms with Crippen molar-refractivity contribution >= 4 is 29.4 Å². The van der Waals surface area contributed by atoms with Crippen LogP contribution in [-0.2, 0) is 4.74 Å². The van der Waals surface area contributed by atoms with Crippen LogP contribution in [0.25, 0.3) is 12.2 Å². The van der Waals surface area contributed by atoms with Gasteiger partial charge in [0.1, 0.15) is 6.07 Å². The zero-order valence-corrected chi connectivity index (χ0v) is 11.9. The molecule has 0 aliphatic heterocycles. The molecular weight excluding hydrogens is 274 g/mol. The number of nitrogens with one attached hydrogen (secondary N) is 1. The van der Waals surface area contributed by atoms with Gasteiger partial charge in [-0.15, -0.1) is 11.3 Å². The van der Waals surface area contributed by atoms with Gasteiger partial charge in [0.2, 0.25) is 17.5 Å². The van der Waals surface area contributed by atoms with Crippen molar-refractivity contribution in [1.82, 2.24) is 4.98 Å². The maximum absolute atomic E-state index is 9.03. The molecule has 2 aromatic heterocycles. The summed E-state index contributed by atoms with van der Waals surface area (Å²) in [5.41, 5.74) is 0.272. The Morgan fingerprint density at radius 1 is 1.55 bits per heavy atom. The lowest BCUT2D eigenvalue weighted by atomic mass is 10.4. The first-order chi connectivity index (χ1) is 9.83. The minimum absolute atomic E-state index is 0.272. The molecular formula is C14H15N3O2S. The van der Waals surface area contributed by atoms with E-state index in [2.05, 4.69) is 10.3 Å². The van der Waals surface area contributed by atoms with Crippen LogP contribution in [0.5, 0.6) is 0 Å². The molecule has 0 saturated heterocycles. The second kappa shape index (κ2) is 7.48. The molecule has 2 rings (SSSR count). The minimum atomic E-state index is 0.272. The average molecular weight is 289 g/mol. The van der Waals surface area contributed by atoms with E-state index in [1.165, 1.54) is 0 Å². The molecule has 0 aliphatic rings. The summed E-state index contributed by atoms with van der Waals surface area (Å²) < 4.78 is 10.5. The summed E-state index contributed by atoms with van der Waals surface area (Å²) in [6.45, 7) is 1.33. The van der Waals surface area contributed by atoms with Gasteiger partial charge in [-0.2, -0.15) is 10.2 Å². The van der Waals surface area contributed by atoms with Gasteiger partial charge in [0.25, 0.3) is 0 Å². The molecule has 0 bridgehead atoms. The van der Waals surface area contributed by atoms with Crippen LogP contribution >= 0.6 is 11.3 Å². The summed E-state index contributed by atoms with van der Waals surface area (Å²) in [5, 5.41) is 14.1. The first kappa shape index (κ1) is 14.3. The molecule has 0 amide bonds. The lowest BCUT2D eigenvalue weighted by molar-refractivity contribution is 0.197. The molecule has 0 spiro atoms. The molecule has 5 nitrogen and oxygen atoms in total. The highest BCUT2D eigenvalue weighted by Crippen LogP contribution is 2.19. The van der Waals surface area contributed by atoms with E-state index >= 15 is 0 Å². The van der Waals surface area contributed by atoms with Gasteiger partial charge in [0, 0.05) is 31.2 Å². The number of methoxy groups -OCH3 is 1. The van der Waals surface area contributed by atoms with Crippen molar-refractivity contribution < 1.29 is 9.15 Å². The second-order valence-corrected chi connectivity index (χ2v) is 4.94. The van der Waals surface area contributed by atoms with E-state index in [0.717, 1.165) is 11.3 Å². The average Bonchev–Trinajstić information content (AvgIpc) is 3.10. The van der Waals surface area contributed by atoms with Crippen LogP contribution in [0, 0.1) is 11.3 Å². The van der Waals surface area contributed by atoms with Crippen molar-refractivity contribution in [3.05, 3.63) is 34.0 Å². The molecule has 0 saturated carbocycles. The Balaban J connectivity index is 2.01. The standard InChI is InChI=1S/C14H15N3O2S/c1-18-8-3-7-16-14-12(10-15)17-13(19-14)6-5-11-4-2-9-20-11/h2,4-6,9,16H,3,7-8H2,1H3. The molecule has 2 aromatic rings. The normalized spacial score (nSPS) is 10.8. The first-order valence-corrected chi connectivity index (χ1v) is 7.07. The molecule has 0 fully saturated rings. The smallest absolute Gasteiger partial charge is 0.232 e. The Labute approximate surface area is 121 Å². The molecule has 0 atom stereocenters. The third kappa shape index (κ3) is 3.95. The van der Waals surface area contributed by atoms with E-state index < -0.39 is 0 Å². The van der Waals surface area contributed by atoms with Crippen LogP contribution in [0.2, 0.25) is 0 Å². The number of thiophene rings is 1. The van der Waals surface area contributed by atoms with Crippen molar-refractivity contribution in [3.63, 3.8) is 0 Å². The Morgan fingerprint density at radius 2 is 2.45 bits per heavy atom. The summed E-state index contributed by atoms with van der Waals surface area (Å²) >= 11 is 1.63. The third-order valence-electron chi connectivity index (χ3n) is 2.49. The van der Waals surface area contributed by atoms with Gasteiger partial charge in [-0.1, -0.05) is 6.07 Å². The topological polar surface area (TPSA) is 71.1 Å². The molecule has 104 valence electrons. The number of aromatic nitrogens is 1. The van der Waals surface area contributed by atoms with Crippen molar-refractivity contribution in [3.8, 4) is 6.07 Å². The summed E-state index contributed by atoms with van der Waals surface area (Å²) in [5.74, 6) is 0.832. The van der Waals surface area contributed by atoms with E-state index in [1.54, 1.807) is 24.5 Å². The number of hydrogen-bond donors (Lipinski definition) is 1. The molecule has 0 unspecified atom stereocenters. The predicted octanol–water partition coefficient (Wildman–Crippen LogP) is 3.23. The predicted molar refractivity (Wildman–Crippen MR) is 79.4 cm³/mol. The van der Waals surface area contributed by atoms with Crippen LogP contribution in [0.4, 0.5) is 5.88 Å². The van der Waals surface area contributed by atoms with E-state index in [-0.39, 0.29) is 5.69 Å². The minimum Gasteiger partial charge on any atom is -0.420 e. The highest BCUT2D eigenvalue weighted by molar-refractivity contribution is 7.10. The number of ether oxygens (including phenoxy) is 1. The summed E-state index contributed by atoms with van der Waals surface area (Å²) in [7, 11) is 1.66. The van der Waals surface area contributed by atoms with Gasteiger partial charge in [-0.25, -0.2) is 0 Å². The van der Waals surface area contributed by atoms with Crippen molar-refractivity contribution in [2.45, 2.75) is 6.42 Å². The Kier molecular flexibility index (Phi) is 5.35. The molecule has 0 aliphatic carbocycles. The number of anilines is 1. The zero-order chi connectivity index (χ0) is 14.2. The Hall–Kier alpha value is -2.10. The van der Waals surface area contributed by atoms with Crippen molar-refractivity contribution in [2.24, 2.45) is 0 Å². The fourth-order valence-electron chi connectivity index (χ4n) is 1.56. The van der Waals surface area contributed by atoms with Gasteiger partial charge in [-0.3, -0.25) is 0 Å². The van der Waals surface area contributed by atoms with Crippen LogP contribution in [0.15, 0.2) is 21.9 Å². The van der Waals surface area contributed by atoms with Crippen LogP contribution in [-0.4, -0.2) is 25.2 Å². The fraction of sp³-hybridized carbons (Fsp3) is 0.286. The number of oxazole rings is 1. The molecule has 2 heterocycles. The van der Waals surface area contributed by atoms with Crippen molar-refractivity contribution in [2.75, 3.05) is 25.6 Å². The van der Waals surface area contributed by atoms with Gasteiger partial charge in [0.05, 0.1) is 0 Å². The summed E-state index contributed by atoms with van der Waals surface area (Å²) in [4.78, 5) is 5.23. The van der Waals surface area contributed by atoms with Crippen LogP contribution in [0.1, 0.15) is 22.9 Å². The molecule has 1 N–H and O–H groups in total. The van der Waals surface area contributed by atoms with E-state index in [9.17, 15) is 0 Å². The third-order valence-corrected chi connectivity index (χ3v) is 3.33. The summed E-state index contributed by atoms with van der Waals surface area (Å²) in [6.07, 6.45) is 4.50. The number of rotatable bonds is 7. The molecule has 0 aromatic carbocycles. The number of nitriles is 1. The van der Waals surface area contributed by atoms with Crippen molar-refractivity contribution in [1.29, 1.82) is 5.26 Å². The molecule has 20 heavy (non-hydrogen) atoms. The van der Waals surface area contributed by atoms with Gasteiger partial charge < -0.3 is 14.5 Å². The highest BCUT2D eigenvalue weighted by atomic mass is 32.1. The maximum atomic E-state index is 9.03. The fourth-order valence-corrected chi connectivity index (χ4v) is 2.18. The largest absolute Gasteiger partial charge is 0.420 e. The molecule has 6 heteroatoms. The van der Waals surface area contributed by atoms with Crippen LogP contribution < -0.4 is 5.32 Å². The number of nitrogens with zero attached hydrogens (tertiary/aromatic N) is 2. The SMILES string of the molecule is COCCCNc1oc(C=Cc2cccs2)nc1C#N. The lowest BCUT2D eigenvalue weighted by Crippen LogP contribution is -2.04. The quantitative estimate of drug-likeness (QED) is 0.792. The van der Waals surface area contributed by atoms with Gasteiger partial charge in [0.15, 0.2) is 0 Å². The number of hydrogen-bond acceptors (Lipinski definition) is 6. The van der Waals surface area contributed by atoms with E-state index in [1.807, 2.05) is 29.7 Å². The maximum Gasteiger partial charge on any atom is 0.232 e. The van der Waals surface area contributed by atoms with Gasteiger partial charge in [-0.05, 0) is 23.9 Å². The van der Waals surface area contributed by atoms with Crippen LogP contribution in [0.3, 0.4) is 0 Å². The zero-order valence-electron chi connectivity index (χ0n) is 11.1.